The van der Waals surface area contributed by atoms with E-state index in [0.29, 0.717) is 5.39 Å². The van der Waals surface area contributed by atoms with Gasteiger partial charge in [-0.1, -0.05) is 30.3 Å². The molecule has 6 nitrogen and oxygen atoms in total. The van der Waals surface area contributed by atoms with Gasteiger partial charge in [0.1, 0.15) is 0 Å². The molecule has 2 heterocycles. The number of anilines is 1. The Bertz CT molecular complexity index is 1100. The second kappa shape index (κ2) is 8.52. The van der Waals surface area contributed by atoms with Crippen molar-refractivity contribution in [3.63, 3.8) is 0 Å². The van der Waals surface area contributed by atoms with Crippen molar-refractivity contribution < 1.29 is 0 Å². The minimum atomic E-state index is -0.163. The SMILES string of the molecule is O=c1[nH]nc(-c2cccc(NCCCCCn3ccnc3)c2)c2ccccc12. The fourth-order valence-electron chi connectivity index (χ4n) is 3.36. The van der Waals surface area contributed by atoms with Crippen molar-refractivity contribution in [3.05, 3.63) is 77.6 Å². The highest BCUT2D eigenvalue weighted by molar-refractivity contribution is 5.94. The van der Waals surface area contributed by atoms with Crippen LogP contribution in [0, 0.1) is 0 Å². The molecular formula is C22H23N5O. The number of H-pyrrole nitrogens is 1. The molecule has 0 aliphatic heterocycles. The number of nitrogens with one attached hydrogen (secondary N) is 2. The molecule has 2 aromatic heterocycles. The molecule has 0 amide bonds. The van der Waals surface area contributed by atoms with Gasteiger partial charge in [0.15, 0.2) is 0 Å². The average molecular weight is 373 g/mol. The van der Waals surface area contributed by atoms with E-state index >= 15 is 0 Å². The van der Waals surface area contributed by atoms with E-state index < -0.39 is 0 Å². The lowest BCUT2D eigenvalue weighted by Crippen LogP contribution is -2.09. The molecule has 0 spiro atoms. The van der Waals surface area contributed by atoms with Gasteiger partial charge in [-0.2, -0.15) is 5.10 Å². The Kier molecular flexibility index (Phi) is 5.47. The van der Waals surface area contributed by atoms with Crippen LogP contribution in [0.2, 0.25) is 0 Å². The Morgan fingerprint density at radius 2 is 1.89 bits per heavy atom. The molecule has 0 bridgehead atoms. The molecule has 0 radical (unpaired) electrons. The normalized spacial score (nSPS) is 11.0. The molecule has 6 heteroatoms. The highest BCUT2D eigenvalue weighted by atomic mass is 16.1. The zero-order chi connectivity index (χ0) is 19.2. The van der Waals surface area contributed by atoms with Gasteiger partial charge in [0.25, 0.3) is 5.56 Å². The second-order valence-electron chi connectivity index (χ2n) is 6.82. The molecule has 0 saturated carbocycles. The van der Waals surface area contributed by atoms with Crippen LogP contribution in [0.3, 0.4) is 0 Å². The number of nitrogens with zero attached hydrogens (tertiary/aromatic N) is 3. The number of aryl methyl sites for hydroxylation is 1. The van der Waals surface area contributed by atoms with Crippen LogP contribution in [0.1, 0.15) is 19.3 Å². The predicted octanol–water partition coefficient (Wildman–Crippen LogP) is 4.07. The lowest BCUT2D eigenvalue weighted by Gasteiger charge is -2.10. The van der Waals surface area contributed by atoms with E-state index in [1.165, 1.54) is 0 Å². The topological polar surface area (TPSA) is 75.6 Å². The molecule has 0 unspecified atom stereocenters. The largest absolute Gasteiger partial charge is 0.385 e. The van der Waals surface area contributed by atoms with Gasteiger partial charge >= 0.3 is 0 Å². The molecule has 2 N–H and O–H groups in total. The first-order chi connectivity index (χ1) is 13.8. The summed E-state index contributed by atoms with van der Waals surface area (Å²) >= 11 is 0. The van der Waals surface area contributed by atoms with Crippen LogP contribution >= 0.6 is 0 Å². The number of imidazole rings is 1. The first-order valence-corrected chi connectivity index (χ1v) is 9.59. The molecule has 142 valence electrons. The Labute approximate surface area is 163 Å². The Morgan fingerprint density at radius 3 is 2.75 bits per heavy atom. The maximum atomic E-state index is 12.0. The predicted molar refractivity (Wildman–Crippen MR) is 112 cm³/mol. The Morgan fingerprint density at radius 1 is 1.00 bits per heavy atom. The second-order valence-corrected chi connectivity index (χ2v) is 6.82. The standard InChI is InChI=1S/C22H23N5O/c28-22-20-10-3-2-9-19(20)21(25-26-22)17-7-6-8-18(15-17)24-11-4-1-5-13-27-14-12-23-16-27/h2-3,6-10,12,14-16,24H,1,4-5,11,13H2,(H,26,28). The van der Waals surface area contributed by atoms with Gasteiger partial charge in [0.2, 0.25) is 0 Å². The summed E-state index contributed by atoms with van der Waals surface area (Å²) in [6.45, 7) is 1.94. The van der Waals surface area contributed by atoms with Gasteiger partial charge in [-0.3, -0.25) is 4.79 Å². The molecule has 0 aliphatic rings. The summed E-state index contributed by atoms with van der Waals surface area (Å²) in [5.41, 5.74) is 2.67. The zero-order valence-electron chi connectivity index (χ0n) is 15.6. The lowest BCUT2D eigenvalue weighted by atomic mass is 10.0. The number of hydrogen-bond donors (Lipinski definition) is 2. The minimum Gasteiger partial charge on any atom is -0.385 e. The van der Waals surface area contributed by atoms with Crippen molar-refractivity contribution >= 4 is 16.5 Å². The van der Waals surface area contributed by atoms with E-state index in [2.05, 4.69) is 37.2 Å². The first kappa shape index (κ1) is 18.0. The maximum absolute atomic E-state index is 12.0. The van der Waals surface area contributed by atoms with Crippen LogP contribution in [0.15, 0.2) is 72.0 Å². The van der Waals surface area contributed by atoms with E-state index in [0.717, 1.165) is 54.7 Å². The summed E-state index contributed by atoms with van der Waals surface area (Å²) in [6, 6.07) is 15.7. The van der Waals surface area contributed by atoms with E-state index in [-0.39, 0.29) is 5.56 Å². The summed E-state index contributed by atoms with van der Waals surface area (Å²) in [6.07, 6.45) is 9.09. The van der Waals surface area contributed by atoms with E-state index in [4.69, 9.17) is 0 Å². The summed E-state index contributed by atoms with van der Waals surface area (Å²) in [4.78, 5) is 16.1. The highest BCUT2D eigenvalue weighted by Gasteiger charge is 2.08. The maximum Gasteiger partial charge on any atom is 0.272 e. The molecule has 2 aromatic carbocycles. The monoisotopic (exact) mass is 373 g/mol. The number of unbranched alkanes of at least 4 members (excludes halogenated alkanes) is 2. The van der Waals surface area contributed by atoms with Gasteiger partial charge in [-0.25, -0.2) is 10.1 Å². The smallest absolute Gasteiger partial charge is 0.272 e. The summed E-state index contributed by atoms with van der Waals surface area (Å²) in [7, 11) is 0. The molecule has 0 aliphatic carbocycles. The molecule has 4 rings (SSSR count). The number of aromatic amines is 1. The van der Waals surface area contributed by atoms with Gasteiger partial charge in [-0.15, -0.1) is 0 Å². The fraction of sp³-hybridized carbons (Fsp3) is 0.227. The van der Waals surface area contributed by atoms with Gasteiger partial charge in [0, 0.05) is 42.1 Å². The molecule has 0 fully saturated rings. The van der Waals surface area contributed by atoms with Crippen LogP contribution in [0.4, 0.5) is 5.69 Å². The number of rotatable bonds is 8. The Hall–Kier alpha value is -3.41. The van der Waals surface area contributed by atoms with Gasteiger partial charge in [-0.05, 0) is 37.5 Å². The van der Waals surface area contributed by atoms with Crippen molar-refractivity contribution in [2.75, 3.05) is 11.9 Å². The first-order valence-electron chi connectivity index (χ1n) is 9.59. The van der Waals surface area contributed by atoms with Crippen LogP contribution in [0.25, 0.3) is 22.0 Å². The third-order valence-electron chi connectivity index (χ3n) is 4.81. The third-order valence-corrected chi connectivity index (χ3v) is 4.81. The molecule has 28 heavy (non-hydrogen) atoms. The van der Waals surface area contributed by atoms with Crippen LogP contribution < -0.4 is 10.9 Å². The Balaban J connectivity index is 1.38. The summed E-state index contributed by atoms with van der Waals surface area (Å²) < 4.78 is 2.11. The number of hydrogen-bond acceptors (Lipinski definition) is 4. The van der Waals surface area contributed by atoms with Crippen molar-refractivity contribution in [1.29, 1.82) is 0 Å². The lowest BCUT2D eigenvalue weighted by molar-refractivity contribution is 0.595. The molecular weight excluding hydrogens is 350 g/mol. The van der Waals surface area contributed by atoms with Crippen molar-refractivity contribution in [3.8, 4) is 11.3 Å². The number of benzene rings is 2. The van der Waals surface area contributed by atoms with Crippen LogP contribution in [-0.4, -0.2) is 26.3 Å². The third kappa shape index (κ3) is 4.11. The molecule has 0 saturated heterocycles. The molecule has 4 aromatic rings. The van der Waals surface area contributed by atoms with Gasteiger partial charge in [0.05, 0.1) is 17.4 Å². The average Bonchev–Trinajstić information content (AvgIpc) is 3.25. The zero-order valence-corrected chi connectivity index (χ0v) is 15.6. The van der Waals surface area contributed by atoms with Crippen LogP contribution in [0.5, 0.6) is 0 Å². The molecule has 0 atom stereocenters. The number of fused-ring (bicyclic) bond motifs is 1. The van der Waals surface area contributed by atoms with Crippen molar-refractivity contribution in [2.24, 2.45) is 0 Å². The van der Waals surface area contributed by atoms with Crippen molar-refractivity contribution in [1.82, 2.24) is 19.7 Å². The summed E-state index contributed by atoms with van der Waals surface area (Å²) in [5, 5.41) is 11.9. The van der Waals surface area contributed by atoms with Crippen molar-refractivity contribution in [2.45, 2.75) is 25.8 Å². The minimum absolute atomic E-state index is 0.163. The number of aromatic nitrogens is 4. The van der Waals surface area contributed by atoms with E-state index in [1.54, 1.807) is 0 Å². The van der Waals surface area contributed by atoms with Gasteiger partial charge < -0.3 is 9.88 Å². The summed E-state index contributed by atoms with van der Waals surface area (Å²) in [5.74, 6) is 0. The van der Waals surface area contributed by atoms with Crippen LogP contribution in [-0.2, 0) is 6.54 Å². The highest BCUT2D eigenvalue weighted by Crippen LogP contribution is 2.26. The fourth-order valence-corrected chi connectivity index (χ4v) is 3.36. The van der Waals surface area contributed by atoms with E-state index in [1.807, 2.05) is 55.1 Å². The van der Waals surface area contributed by atoms with E-state index in [9.17, 15) is 4.79 Å². The quantitative estimate of drug-likeness (QED) is 0.457.